The molecule has 0 aliphatic heterocycles. The number of carboxylic acid groups (broad SMARTS) is 1. The quantitative estimate of drug-likeness (QED) is 0.679. The Morgan fingerprint density at radius 3 is 1.83 bits per heavy atom. The fraction of sp³-hybridized carbons (Fsp3) is 0.889. The minimum atomic E-state index is -0.807. The third-order valence-electron chi connectivity index (χ3n) is 1.91. The van der Waals surface area contributed by atoms with Crippen LogP contribution >= 0.6 is 0 Å². The summed E-state index contributed by atoms with van der Waals surface area (Å²) in [6.45, 7) is 7.81. The summed E-state index contributed by atoms with van der Waals surface area (Å²) in [5, 5.41) is 11.8. The molecule has 0 heterocycles. The first-order valence-electron chi connectivity index (χ1n) is 4.13. The summed E-state index contributed by atoms with van der Waals surface area (Å²) in [6, 6.07) is 0. The van der Waals surface area contributed by atoms with E-state index in [4.69, 9.17) is 5.11 Å². The first-order valence-corrected chi connectivity index (χ1v) is 4.13. The fourth-order valence-corrected chi connectivity index (χ4v) is 1.33. The summed E-state index contributed by atoms with van der Waals surface area (Å²) >= 11 is 0. The zero-order chi connectivity index (χ0) is 9.99. The van der Waals surface area contributed by atoms with Crippen LogP contribution in [-0.4, -0.2) is 23.7 Å². The third kappa shape index (κ3) is 3.22. The Morgan fingerprint density at radius 1 is 1.33 bits per heavy atom. The van der Waals surface area contributed by atoms with Crippen LogP contribution in [0.4, 0.5) is 0 Å². The fourth-order valence-electron chi connectivity index (χ4n) is 1.33. The van der Waals surface area contributed by atoms with Crippen molar-refractivity contribution in [3.05, 3.63) is 0 Å². The number of aliphatic carboxylic acids is 1. The molecule has 72 valence electrons. The maximum absolute atomic E-state index is 10.9. The van der Waals surface area contributed by atoms with Gasteiger partial charge in [0.1, 0.15) is 5.54 Å². The van der Waals surface area contributed by atoms with Gasteiger partial charge in [0, 0.05) is 0 Å². The molecule has 0 spiro atoms. The molecule has 0 amide bonds. The Hall–Kier alpha value is -0.570. The van der Waals surface area contributed by atoms with Crippen LogP contribution in [0.5, 0.6) is 0 Å². The molecule has 0 fully saturated rings. The molecule has 0 aliphatic rings. The first kappa shape index (κ1) is 11.4. The van der Waals surface area contributed by atoms with Crippen molar-refractivity contribution in [3.8, 4) is 0 Å². The standard InChI is InChI=1S/C9H19NO2/c1-8(2,3)6-9(4,10-5)7(11)12/h10H,6H2,1-5H3,(H,11,12)/t9-/m0/s1. The lowest BCUT2D eigenvalue weighted by Crippen LogP contribution is -2.49. The van der Waals surface area contributed by atoms with E-state index in [0.717, 1.165) is 0 Å². The highest BCUT2D eigenvalue weighted by molar-refractivity contribution is 5.78. The minimum Gasteiger partial charge on any atom is -0.480 e. The molecule has 0 aliphatic carbocycles. The summed E-state index contributed by atoms with van der Waals surface area (Å²) in [6.07, 6.45) is 0.617. The van der Waals surface area contributed by atoms with Crippen LogP contribution in [-0.2, 0) is 4.79 Å². The SMILES string of the molecule is CN[C@@](C)(CC(C)(C)C)C(=O)O. The van der Waals surface area contributed by atoms with Gasteiger partial charge < -0.3 is 10.4 Å². The van der Waals surface area contributed by atoms with E-state index in [0.29, 0.717) is 6.42 Å². The second-order valence-corrected chi connectivity index (χ2v) is 4.62. The molecule has 0 bridgehead atoms. The molecule has 1 atom stereocenters. The van der Waals surface area contributed by atoms with Gasteiger partial charge in [0.05, 0.1) is 0 Å². The van der Waals surface area contributed by atoms with E-state index >= 15 is 0 Å². The monoisotopic (exact) mass is 173 g/mol. The van der Waals surface area contributed by atoms with Gasteiger partial charge in [0.2, 0.25) is 0 Å². The van der Waals surface area contributed by atoms with E-state index in [1.165, 1.54) is 0 Å². The second-order valence-electron chi connectivity index (χ2n) is 4.62. The lowest BCUT2D eigenvalue weighted by molar-refractivity contribution is -0.145. The number of carboxylic acids is 1. The highest BCUT2D eigenvalue weighted by atomic mass is 16.4. The lowest BCUT2D eigenvalue weighted by atomic mass is 9.81. The molecule has 0 saturated carbocycles. The van der Waals surface area contributed by atoms with Crippen LogP contribution in [0.25, 0.3) is 0 Å². The topological polar surface area (TPSA) is 49.3 Å². The van der Waals surface area contributed by atoms with Crippen LogP contribution in [0.1, 0.15) is 34.1 Å². The summed E-state index contributed by atoms with van der Waals surface area (Å²) in [5.74, 6) is -0.792. The molecule has 3 heteroatoms. The summed E-state index contributed by atoms with van der Waals surface area (Å²) in [4.78, 5) is 10.9. The molecule has 12 heavy (non-hydrogen) atoms. The van der Waals surface area contributed by atoms with Gasteiger partial charge in [0.25, 0.3) is 0 Å². The van der Waals surface area contributed by atoms with Crippen LogP contribution in [0.15, 0.2) is 0 Å². The number of hydrogen-bond acceptors (Lipinski definition) is 2. The lowest BCUT2D eigenvalue weighted by Gasteiger charge is -2.31. The van der Waals surface area contributed by atoms with Crippen molar-refractivity contribution < 1.29 is 9.90 Å². The predicted octanol–water partition coefficient (Wildman–Crippen LogP) is 1.49. The summed E-state index contributed by atoms with van der Waals surface area (Å²) in [5.41, 5.74) is -0.783. The number of nitrogens with one attached hydrogen (secondary N) is 1. The molecule has 0 aromatic heterocycles. The van der Waals surface area contributed by atoms with Crippen molar-refractivity contribution in [3.63, 3.8) is 0 Å². The second kappa shape index (κ2) is 3.44. The molecule has 0 aromatic carbocycles. The van der Waals surface area contributed by atoms with Crippen molar-refractivity contribution in [2.45, 2.75) is 39.7 Å². The molecule has 2 N–H and O–H groups in total. The highest BCUT2D eigenvalue weighted by Crippen LogP contribution is 2.26. The largest absolute Gasteiger partial charge is 0.480 e. The zero-order valence-corrected chi connectivity index (χ0v) is 8.56. The van der Waals surface area contributed by atoms with E-state index in [-0.39, 0.29) is 5.41 Å². The average molecular weight is 173 g/mol. The van der Waals surface area contributed by atoms with E-state index in [2.05, 4.69) is 5.32 Å². The smallest absolute Gasteiger partial charge is 0.323 e. The average Bonchev–Trinajstić information content (AvgIpc) is 1.83. The van der Waals surface area contributed by atoms with Crippen LogP contribution in [0.3, 0.4) is 0 Å². The van der Waals surface area contributed by atoms with Crippen LogP contribution < -0.4 is 5.32 Å². The summed E-state index contributed by atoms with van der Waals surface area (Å²) < 4.78 is 0. The van der Waals surface area contributed by atoms with Crippen molar-refractivity contribution in [2.75, 3.05) is 7.05 Å². The number of hydrogen-bond donors (Lipinski definition) is 2. The molecule has 0 radical (unpaired) electrons. The number of likely N-dealkylation sites (N-methyl/N-ethyl adjacent to an activating group) is 1. The molecule has 0 unspecified atom stereocenters. The van der Waals surface area contributed by atoms with Gasteiger partial charge in [-0.05, 0) is 25.8 Å². The molecule has 0 aromatic rings. The van der Waals surface area contributed by atoms with Crippen molar-refractivity contribution in [1.29, 1.82) is 0 Å². The van der Waals surface area contributed by atoms with Gasteiger partial charge in [-0.3, -0.25) is 4.79 Å². The number of carbonyl (C=O) groups is 1. The van der Waals surface area contributed by atoms with Gasteiger partial charge in [0.15, 0.2) is 0 Å². The van der Waals surface area contributed by atoms with Crippen molar-refractivity contribution in [1.82, 2.24) is 5.32 Å². The Morgan fingerprint density at radius 2 is 1.75 bits per heavy atom. The van der Waals surface area contributed by atoms with E-state index in [1.807, 2.05) is 20.8 Å². The van der Waals surface area contributed by atoms with E-state index in [1.54, 1.807) is 14.0 Å². The predicted molar refractivity (Wildman–Crippen MR) is 49.2 cm³/mol. The Bertz CT molecular complexity index is 172. The van der Waals surface area contributed by atoms with Crippen LogP contribution in [0.2, 0.25) is 0 Å². The molecule has 0 saturated heterocycles. The minimum absolute atomic E-state index is 0.0240. The first-order chi connectivity index (χ1) is 5.21. The Labute approximate surface area is 74.2 Å². The Balaban J connectivity index is 4.46. The third-order valence-corrected chi connectivity index (χ3v) is 1.91. The van der Waals surface area contributed by atoms with Gasteiger partial charge in [-0.2, -0.15) is 0 Å². The van der Waals surface area contributed by atoms with Gasteiger partial charge in [-0.1, -0.05) is 20.8 Å². The number of rotatable bonds is 3. The normalized spacial score (nSPS) is 17.1. The van der Waals surface area contributed by atoms with Gasteiger partial charge in [-0.25, -0.2) is 0 Å². The zero-order valence-electron chi connectivity index (χ0n) is 8.56. The maximum atomic E-state index is 10.9. The molecule has 0 rings (SSSR count). The van der Waals surface area contributed by atoms with E-state index < -0.39 is 11.5 Å². The van der Waals surface area contributed by atoms with Gasteiger partial charge >= 0.3 is 5.97 Å². The van der Waals surface area contributed by atoms with Crippen molar-refractivity contribution >= 4 is 5.97 Å². The van der Waals surface area contributed by atoms with Gasteiger partial charge in [-0.15, -0.1) is 0 Å². The Kier molecular flexibility index (Phi) is 3.27. The molecule has 3 nitrogen and oxygen atoms in total. The van der Waals surface area contributed by atoms with Crippen LogP contribution in [0, 0.1) is 5.41 Å². The highest BCUT2D eigenvalue weighted by Gasteiger charge is 2.35. The maximum Gasteiger partial charge on any atom is 0.323 e. The molecular formula is C9H19NO2. The van der Waals surface area contributed by atoms with E-state index in [9.17, 15) is 4.79 Å². The summed E-state index contributed by atoms with van der Waals surface area (Å²) in [7, 11) is 1.68. The molecular weight excluding hydrogens is 154 g/mol. The van der Waals surface area contributed by atoms with Crippen molar-refractivity contribution in [2.24, 2.45) is 5.41 Å².